The number of hydrogen-bond donors (Lipinski definition) is 2. The third-order valence-electron chi connectivity index (χ3n) is 11.4. The summed E-state index contributed by atoms with van der Waals surface area (Å²) < 4.78 is 19.5. The molecule has 0 radical (unpaired) electrons. The van der Waals surface area contributed by atoms with Crippen LogP contribution in [0.5, 0.6) is 0 Å². The summed E-state index contributed by atoms with van der Waals surface area (Å²) in [7, 11) is 1.98. The fourth-order valence-electron chi connectivity index (χ4n) is 7.81. The molecular formula is C45H61FN4O7S. The summed E-state index contributed by atoms with van der Waals surface area (Å²) >= 11 is 1.16. The zero-order valence-electron chi connectivity index (χ0n) is 35.0. The molecule has 0 saturated carbocycles. The minimum Gasteiger partial charge on any atom is -0.481 e. The van der Waals surface area contributed by atoms with Gasteiger partial charge in [-0.2, -0.15) is 0 Å². The number of likely N-dealkylation sites (tertiary alicyclic amines) is 1. The number of halogens is 1. The predicted octanol–water partition coefficient (Wildman–Crippen LogP) is 7.89. The van der Waals surface area contributed by atoms with E-state index in [1.807, 2.05) is 70.0 Å². The molecule has 2 aromatic carbocycles. The summed E-state index contributed by atoms with van der Waals surface area (Å²) in [5.41, 5.74) is 1.73. The van der Waals surface area contributed by atoms with Crippen molar-refractivity contribution in [3.05, 3.63) is 87.6 Å². The lowest BCUT2D eigenvalue weighted by Gasteiger charge is -2.40. The number of piperidine rings is 1. The van der Waals surface area contributed by atoms with Gasteiger partial charge in [0.05, 0.1) is 12.0 Å². The number of benzene rings is 2. The number of ketones is 1. The fraction of sp³-hybridized carbons (Fsp3) is 0.556. The Hall–Kier alpha value is -4.49. The molecule has 4 rings (SSSR count). The number of Topliss-reactive ketones (excluding diaryl/α,β-unsaturated/α-hetero) is 1. The van der Waals surface area contributed by atoms with E-state index in [0.29, 0.717) is 5.01 Å². The molecule has 3 aromatic rings. The number of carbonyl (C=O) groups excluding carboxylic acids is 4. The van der Waals surface area contributed by atoms with Crippen molar-refractivity contribution >= 4 is 40.9 Å². The Labute approximate surface area is 346 Å². The maximum absolute atomic E-state index is 15.0. The number of likely N-dealkylation sites (N-methyl/N-ethyl adjacent to an activating group) is 1. The third-order valence-corrected chi connectivity index (χ3v) is 12.4. The summed E-state index contributed by atoms with van der Waals surface area (Å²) in [6, 6.07) is 14.3. The highest BCUT2D eigenvalue weighted by atomic mass is 32.1. The Kier molecular flexibility index (Phi) is 17.6. The van der Waals surface area contributed by atoms with Gasteiger partial charge in [0.1, 0.15) is 16.5 Å². The first kappa shape index (κ1) is 46.2. The van der Waals surface area contributed by atoms with E-state index >= 15 is 4.79 Å². The van der Waals surface area contributed by atoms with Gasteiger partial charge >= 0.3 is 11.9 Å². The van der Waals surface area contributed by atoms with Gasteiger partial charge < -0.3 is 20.1 Å². The van der Waals surface area contributed by atoms with Crippen molar-refractivity contribution in [2.75, 3.05) is 13.6 Å². The number of amides is 2. The zero-order chi connectivity index (χ0) is 42.5. The number of carbonyl (C=O) groups is 5. The predicted molar refractivity (Wildman–Crippen MR) is 222 cm³/mol. The van der Waals surface area contributed by atoms with Crippen LogP contribution in [-0.4, -0.2) is 81.1 Å². The van der Waals surface area contributed by atoms with Gasteiger partial charge in [-0.25, -0.2) is 9.37 Å². The van der Waals surface area contributed by atoms with Crippen molar-refractivity contribution in [3.8, 4) is 0 Å². The van der Waals surface area contributed by atoms with Gasteiger partial charge in [-0.15, -0.1) is 11.3 Å². The number of ether oxygens (including phenoxy) is 1. The van der Waals surface area contributed by atoms with E-state index < -0.39 is 53.7 Å². The lowest BCUT2D eigenvalue weighted by Crippen LogP contribution is -2.49. The van der Waals surface area contributed by atoms with Gasteiger partial charge in [-0.1, -0.05) is 89.9 Å². The second-order valence-corrected chi connectivity index (χ2v) is 17.2. The van der Waals surface area contributed by atoms with Crippen molar-refractivity contribution in [1.82, 2.24) is 20.1 Å². The number of nitrogens with zero attached hydrogens (tertiary/aromatic N) is 3. The van der Waals surface area contributed by atoms with Crippen LogP contribution in [0.2, 0.25) is 0 Å². The Morgan fingerprint density at radius 2 is 1.69 bits per heavy atom. The lowest BCUT2D eigenvalue weighted by atomic mass is 9.82. The molecule has 0 aliphatic carbocycles. The summed E-state index contributed by atoms with van der Waals surface area (Å²) in [5.74, 6) is -3.98. The van der Waals surface area contributed by atoms with Crippen LogP contribution in [-0.2, 0) is 36.9 Å². The molecule has 0 bridgehead atoms. The van der Waals surface area contributed by atoms with E-state index in [9.17, 15) is 28.7 Å². The standard InChI is InChI=1S/C45H61FN4O7S/c1-8-29(4)36(24-40(52)38-16-12-13-21-49(38)7)44(54)50(26-33-14-10-9-11-15-33)39(28(2)3)25-41(57-31(6)51)43-48-37(27-58-43)42(53)47-35(22-30(5)45(55)56)23-32-17-19-34(46)20-18-32/h9-11,14-15,17-20,27-30,35-36,38-39,41H,8,12-13,16,21-26H2,1-7H3,(H,47,53)(H,55,56)/t29-,30-,35+,36-,38+,39+,41+/m0/s1. The summed E-state index contributed by atoms with van der Waals surface area (Å²) in [6.45, 7) is 12.1. The first-order chi connectivity index (χ1) is 27.6. The van der Waals surface area contributed by atoms with E-state index in [4.69, 9.17) is 4.74 Å². The highest BCUT2D eigenvalue weighted by Gasteiger charge is 2.39. The molecule has 0 spiro atoms. The largest absolute Gasteiger partial charge is 0.481 e. The number of rotatable bonds is 21. The van der Waals surface area contributed by atoms with Crippen LogP contribution in [0.15, 0.2) is 60.0 Å². The molecule has 2 N–H and O–H groups in total. The van der Waals surface area contributed by atoms with E-state index in [1.54, 1.807) is 24.4 Å². The van der Waals surface area contributed by atoms with Gasteiger partial charge in [0.15, 0.2) is 11.9 Å². The van der Waals surface area contributed by atoms with E-state index in [0.717, 1.165) is 54.7 Å². The molecule has 1 aliphatic heterocycles. The van der Waals surface area contributed by atoms with E-state index in [-0.39, 0.29) is 67.5 Å². The Balaban J connectivity index is 1.64. The van der Waals surface area contributed by atoms with Gasteiger partial charge in [0.2, 0.25) is 5.91 Å². The number of carboxylic acid groups (broad SMARTS) is 1. The molecule has 316 valence electrons. The number of nitrogens with one attached hydrogen (secondary N) is 1. The van der Waals surface area contributed by atoms with Crippen LogP contribution in [0, 0.1) is 29.5 Å². The molecule has 0 unspecified atom stereocenters. The lowest BCUT2D eigenvalue weighted by molar-refractivity contribution is -0.150. The Morgan fingerprint density at radius 1 is 1.00 bits per heavy atom. The summed E-state index contributed by atoms with van der Waals surface area (Å²) in [6.07, 6.45) is 3.38. The highest BCUT2D eigenvalue weighted by Crippen LogP contribution is 2.34. The third kappa shape index (κ3) is 13.3. The first-order valence-electron chi connectivity index (χ1n) is 20.6. The zero-order valence-corrected chi connectivity index (χ0v) is 35.8. The number of hydrogen-bond acceptors (Lipinski definition) is 9. The second-order valence-electron chi connectivity index (χ2n) is 16.3. The second kappa shape index (κ2) is 22.0. The number of thiazole rings is 1. The average Bonchev–Trinajstić information content (AvgIpc) is 3.69. The van der Waals surface area contributed by atoms with Crippen LogP contribution in [0.25, 0.3) is 0 Å². The van der Waals surface area contributed by atoms with Gasteiger partial charge in [0, 0.05) is 49.7 Å². The number of aromatic nitrogens is 1. The normalized spacial score (nSPS) is 17.7. The topological polar surface area (TPSA) is 146 Å². The first-order valence-corrected chi connectivity index (χ1v) is 21.4. The Morgan fingerprint density at radius 3 is 2.29 bits per heavy atom. The molecule has 1 saturated heterocycles. The number of esters is 1. The van der Waals surface area contributed by atoms with Crippen molar-refractivity contribution in [1.29, 1.82) is 0 Å². The molecule has 1 fully saturated rings. The van der Waals surface area contributed by atoms with Crippen LogP contribution >= 0.6 is 11.3 Å². The maximum atomic E-state index is 15.0. The molecule has 1 aliphatic rings. The minimum absolute atomic E-state index is 0.0638. The highest BCUT2D eigenvalue weighted by molar-refractivity contribution is 7.09. The van der Waals surface area contributed by atoms with Crippen molar-refractivity contribution in [3.63, 3.8) is 0 Å². The van der Waals surface area contributed by atoms with Crippen LogP contribution in [0.1, 0.15) is 119 Å². The molecule has 58 heavy (non-hydrogen) atoms. The average molecular weight is 821 g/mol. The summed E-state index contributed by atoms with van der Waals surface area (Å²) in [5, 5.41) is 14.5. The molecule has 1 aromatic heterocycles. The van der Waals surface area contributed by atoms with Gasteiger partial charge in [0.25, 0.3) is 5.91 Å². The number of carboxylic acids is 1. The smallest absolute Gasteiger partial charge is 0.306 e. The molecule has 13 heteroatoms. The van der Waals surface area contributed by atoms with Crippen molar-refractivity contribution < 1.29 is 38.2 Å². The van der Waals surface area contributed by atoms with Gasteiger partial charge in [-0.05, 0) is 74.4 Å². The van der Waals surface area contributed by atoms with Crippen LogP contribution in [0.4, 0.5) is 4.39 Å². The quantitative estimate of drug-likeness (QED) is 0.103. The molecule has 2 amide bonds. The number of aliphatic carboxylic acids is 1. The monoisotopic (exact) mass is 820 g/mol. The van der Waals surface area contributed by atoms with Crippen LogP contribution in [0.3, 0.4) is 0 Å². The SMILES string of the molecule is CC[C@H](C)[C@H](CC(=O)[C@H]1CCCCN1C)C(=O)N(Cc1ccccc1)[C@H](C[C@@H](OC(C)=O)c1nc(C(=O)N[C@@H](Cc2ccc(F)cc2)C[C@H](C)C(=O)O)cs1)C(C)C. The van der Waals surface area contributed by atoms with Crippen LogP contribution < -0.4 is 5.32 Å². The molecule has 11 nitrogen and oxygen atoms in total. The van der Waals surface area contributed by atoms with Crippen molar-refractivity contribution in [2.45, 2.75) is 124 Å². The maximum Gasteiger partial charge on any atom is 0.306 e. The summed E-state index contributed by atoms with van der Waals surface area (Å²) in [4.78, 5) is 75.5. The fourth-order valence-corrected chi connectivity index (χ4v) is 8.65. The Bertz CT molecular complexity index is 1820. The molecular weight excluding hydrogens is 760 g/mol. The van der Waals surface area contributed by atoms with E-state index in [1.165, 1.54) is 19.1 Å². The minimum atomic E-state index is -1.00. The van der Waals surface area contributed by atoms with Crippen molar-refractivity contribution in [2.24, 2.45) is 23.7 Å². The van der Waals surface area contributed by atoms with E-state index in [2.05, 4.69) is 15.2 Å². The molecule has 2 heterocycles. The molecule has 7 atom stereocenters. The van der Waals surface area contributed by atoms with Gasteiger partial charge in [-0.3, -0.25) is 28.9 Å².